The third-order valence-electron chi connectivity index (χ3n) is 5.87. The van der Waals surface area contributed by atoms with Gasteiger partial charge in [0.1, 0.15) is 0 Å². The van der Waals surface area contributed by atoms with Gasteiger partial charge in [0, 0.05) is 44.7 Å². The summed E-state index contributed by atoms with van der Waals surface area (Å²) in [6, 6.07) is 11.2. The fourth-order valence-corrected chi connectivity index (χ4v) is 4.38. The SMILES string of the molecule is CCCN1CCC(NC(=NCC2CCCOC2c2ccccc2)NCC)CC1.I. The van der Waals surface area contributed by atoms with Crippen LogP contribution in [-0.4, -0.2) is 56.2 Å². The molecule has 1 aromatic carbocycles. The monoisotopic (exact) mass is 514 g/mol. The molecule has 2 heterocycles. The summed E-state index contributed by atoms with van der Waals surface area (Å²) in [6.45, 7) is 10.6. The van der Waals surface area contributed by atoms with Gasteiger partial charge in [-0.15, -0.1) is 24.0 Å². The minimum atomic E-state index is 0. The molecule has 2 N–H and O–H groups in total. The van der Waals surface area contributed by atoms with Crippen LogP contribution in [0.15, 0.2) is 35.3 Å². The van der Waals surface area contributed by atoms with Crippen molar-refractivity contribution in [2.75, 3.05) is 39.3 Å². The maximum Gasteiger partial charge on any atom is 0.191 e. The Morgan fingerprint density at radius 1 is 1.14 bits per heavy atom. The van der Waals surface area contributed by atoms with Gasteiger partial charge in [0.15, 0.2) is 5.96 Å². The van der Waals surface area contributed by atoms with E-state index in [2.05, 4.69) is 59.7 Å². The first kappa shape index (κ1) is 24.4. The molecule has 6 heteroatoms. The Labute approximate surface area is 194 Å². The summed E-state index contributed by atoms with van der Waals surface area (Å²) in [7, 11) is 0. The average molecular weight is 514 g/mol. The summed E-state index contributed by atoms with van der Waals surface area (Å²) < 4.78 is 6.14. The highest BCUT2D eigenvalue weighted by Crippen LogP contribution is 2.33. The van der Waals surface area contributed by atoms with Crippen molar-refractivity contribution in [2.45, 2.75) is 58.1 Å². The minimum absolute atomic E-state index is 0. The fourth-order valence-electron chi connectivity index (χ4n) is 4.38. The molecule has 2 saturated heterocycles. The standard InChI is InChI=1S/C23H38N4O.HI/c1-3-14-27-15-12-21(13-16-27)26-23(24-4-2)25-18-20-11-8-17-28-22(20)19-9-6-5-7-10-19;/h5-7,9-10,20-22H,3-4,8,11-18H2,1-2H3,(H2,24,25,26);1H. The van der Waals surface area contributed by atoms with Crippen LogP contribution in [-0.2, 0) is 4.74 Å². The quantitative estimate of drug-likeness (QED) is 0.326. The number of hydrogen-bond acceptors (Lipinski definition) is 3. The van der Waals surface area contributed by atoms with Gasteiger partial charge in [-0.05, 0) is 51.1 Å². The zero-order valence-electron chi connectivity index (χ0n) is 18.1. The molecule has 164 valence electrons. The number of aliphatic imine (C=N–C) groups is 1. The van der Waals surface area contributed by atoms with E-state index in [-0.39, 0.29) is 30.1 Å². The second kappa shape index (κ2) is 13.4. The Bertz CT molecular complexity index is 590. The van der Waals surface area contributed by atoms with Crippen LogP contribution in [0.4, 0.5) is 0 Å². The van der Waals surface area contributed by atoms with E-state index in [0.717, 1.165) is 32.1 Å². The van der Waals surface area contributed by atoms with Gasteiger partial charge in [-0.2, -0.15) is 0 Å². The molecule has 0 saturated carbocycles. The Hall–Kier alpha value is -0.860. The summed E-state index contributed by atoms with van der Waals surface area (Å²) in [6.07, 6.45) is 6.11. The molecule has 2 aliphatic heterocycles. The lowest BCUT2D eigenvalue weighted by molar-refractivity contribution is -0.0250. The van der Waals surface area contributed by atoms with Crippen molar-refractivity contribution in [1.82, 2.24) is 15.5 Å². The molecule has 2 atom stereocenters. The summed E-state index contributed by atoms with van der Waals surface area (Å²) in [5.74, 6) is 1.41. The van der Waals surface area contributed by atoms with E-state index in [1.807, 2.05) is 0 Å². The molecule has 0 amide bonds. The van der Waals surface area contributed by atoms with Crippen LogP contribution < -0.4 is 10.6 Å². The van der Waals surface area contributed by atoms with E-state index in [9.17, 15) is 0 Å². The topological polar surface area (TPSA) is 48.9 Å². The predicted octanol–water partition coefficient (Wildman–Crippen LogP) is 4.20. The van der Waals surface area contributed by atoms with Gasteiger partial charge in [-0.3, -0.25) is 4.99 Å². The third kappa shape index (κ3) is 7.72. The van der Waals surface area contributed by atoms with E-state index >= 15 is 0 Å². The molecule has 3 rings (SSSR count). The average Bonchev–Trinajstić information content (AvgIpc) is 2.74. The number of benzene rings is 1. The van der Waals surface area contributed by atoms with Crippen molar-refractivity contribution in [1.29, 1.82) is 0 Å². The number of guanidine groups is 1. The highest BCUT2D eigenvalue weighted by atomic mass is 127. The maximum absolute atomic E-state index is 6.14. The Kier molecular flexibility index (Phi) is 11.3. The number of ether oxygens (including phenoxy) is 1. The first-order valence-electron chi connectivity index (χ1n) is 11.2. The molecule has 0 aliphatic carbocycles. The summed E-state index contributed by atoms with van der Waals surface area (Å²) >= 11 is 0. The zero-order valence-corrected chi connectivity index (χ0v) is 20.4. The number of rotatable bonds is 7. The van der Waals surface area contributed by atoms with Gasteiger partial charge < -0.3 is 20.3 Å². The summed E-state index contributed by atoms with van der Waals surface area (Å²) in [5.41, 5.74) is 1.28. The van der Waals surface area contributed by atoms with Crippen LogP contribution in [0.2, 0.25) is 0 Å². The number of hydrogen-bond donors (Lipinski definition) is 2. The van der Waals surface area contributed by atoms with Gasteiger partial charge in [0.2, 0.25) is 0 Å². The van der Waals surface area contributed by atoms with E-state index in [1.165, 1.54) is 50.9 Å². The lowest BCUT2D eigenvalue weighted by Gasteiger charge is -2.33. The van der Waals surface area contributed by atoms with Crippen LogP contribution in [0.25, 0.3) is 0 Å². The molecular formula is C23H39IN4O. The summed E-state index contributed by atoms with van der Waals surface area (Å²) in [4.78, 5) is 7.54. The minimum Gasteiger partial charge on any atom is -0.373 e. The Morgan fingerprint density at radius 3 is 2.59 bits per heavy atom. The molecule has 0 spiro atoms. The van der Waals surface area contributed by atoms with Crippen molar-refractivity contribution in [2.24, 2.45) is 10.9 Å². The van der Waals surface area contributed by atoms with Crippen molar-refractivity contribution in [3.8, 4) is 0 Å². The normalized spacial score (nSPS) is 24.0. The number of piperidine rings is 1. The van der Waals surface area contributed by atoms with E-state index in [1.54, 1.807) is 0 Å². The molecular weight excluding hydrogens is 475 g/mol. The van der Waals surface area contributed by atoms with Crippen molar-refractivity contribution < 1.29 is 4.74 Å². The van der Waals surface area contributed by atoms with Crippen LogP contribution in [0, 0.1) is 5.92 Å². The first-order chi connectivity index (χ1) is 13.8. The highest BCUT2D eigenvalue weighted by molar-refractivity contribution is 14.0. The lowest BCUT2D eigenvalue weighted by atomic mass is 9.89. The van der Waals surface area contributed by atoms with Crippen LogP contribution in [0.3, 0.4) is 0 Å². The maximum atomic E-state index is 6.14. The van der Waals surface area contributed by atoms with Gasteiger partial charge >= 0.3 is 0 Å². The molecule has 1 aromatic rings. The lowest BCUT2D eigenvalue weighted by Crippen LogP contribution is -2.49. The van der Waals surface area contributed by atoms with Crippen molar-refractivity contribution >= 4 is 29.9 Å². The first-order valence-corrected chi connectivity index (χ1v) is 11.2. The fraction of sp³-hybridized carbons (Fsp3) is 0.696. The number of nitrogens with zero attached hydrogens (tertiary/aromatic N) is 2. The van der Waals surface area contributed by atoms with Gasteiger partial charge in [-0.25, -0.2) is 0 Å². The molecule has 2 fully saturated rings. The van der Waals surface area contributed by atoms with Gasteiger partial charge in [-0.1, -0.05) is 37.3 Å². The molecule has 2 unspecified atom stereocenters. The Morgan fingerprint density at radius 2 is 1.90 bits per heavy atom. The van der Waals surface area contributed by atoms with Gasteiger partial charge in [0.25, 0.3) is 0 Å². The molecule has 0 aromatic heterocycles. The zero-order chi connectivity index (χ0) is 19.6. The van der Waals surface area contributed by atoms with E-state index in [4.69, 9.17) is 9.73 Å². The van der Waals surface area contributed by atoms with E-state index in [0.29, 0.717) is 12.0 Å². The van der Waals surface area contributed by atoms with Crippen LogP contribution in [0.5, 0.6) is 0 Å². The van der Waals surface area contributed by atoms with Crippen molar-refractivity contribution in [3.05, 3.63) is 35.9 Å². The van der Waals surface area contributed by atoms with Crippen LogP contribution >= 0.6 is 24.0 Å². The smallest absolute Gasteiger partial charge is 0.191 e. The molecule has 0 bridgehead atoms. The molecule has 0 radical (unpaired) electrons. The van der Waals surface area contributed by atoms with Gasteiger partial charge in [0.05, 0.1) is 6.10 Å². The van der Waals surface area contributed by atoms with Crippen LogP contribution in [0.1, 0.15) is 57.6 Å². The largest absolute Gasteiger partial charge is 0.373 e. The summed E-state index contributed by atoms with van der Waals surface area (Å²) in [5, 5.41) is 7.13. The number of likely N-dealkylation sites (tertiary alicyclic amines) is 1. The molecule has 29 heavy (non-hydrogen) atoms. The van der Waals surface area contributed by atoms with E-state index < -0.39 is 0 Å². The number of halogens is 1. The second-order valence-corrected chi connectivity index (χ2v) is 8.08. The molecule has 5 nitrogen and oxygen atoms in total. The number of nitrogens with one attached hydrogen (secondary N) is 2. The third-order valence-corrected chi connectivity index (χ3v) is 5.87. The van der Waals surface area contributed by atoms with Crippen molar-refractivity contribution in [3.63, 3.8) is 0 Å². The molecule has 2 aliphatic rings. The predicted molar refractivity (Wildman–Crippen MR) is 132 cm³/mol. The highest BCUT2D eigenvalue weighted by Gasteiger charge is 2.27. The Balaban J connectivity index is 0.00000300. The second-order valence-electron chi connectivity index (χ2n) is 8.08.